The van der Waals surface area contributed by atoms with Crippen LogP contribution < -0.4 is 5.32 Å². The predicted molar refractivity (Wildman–Crippen MR) is 92.5 cm³/mol. The molecule has 0 aliphatic heterocycles. The highest BCUT2D eigenvalue weighted by Crippen LogP contribution is 2.29. The standard InChI is InChI=1S/C20H13F4NO2/c1-10-14(20(27)25-19-15(22)5-6-17(26)18(19)24)8-12(9-16(10)23)11-3-2-4-13(21)7-11/h2-9,26H,1H3,(H,25,27). The number of phenolic OH excluding ortho intramolecular Hbond substituents is 1. The van der Waals surface area contributed by atoms with Crippen LogP contribution in [0.25, 0.3) is 11.1 Å². The number of anilines is 1. The lowest BCUT2D eigenvalue weighted by atomic mass is 9.98. The van der Waals surface area contributed by atoms with Crippen LogP contribution in [0.5, 0.6) is 5.75 Å². The zero-order valence-corrected chi connectivity index (χ0v) is 14.0. The van der Waals surface area contributed by atoms with E-state index in [-0.39, 0.29) is 16.7 Å². The summed E-state index contributed by atoms with van der Waals surface area (Å²) < 4.78 is 55.4. The van der Waals surface area contributed by atoms with Gasteiger partial charge < -0.3 is 10.4 Å². The summed E-state index contributed by atoms with van der Waals surface area (Å²) in [4.78, 5) is 12.5. The Kier molecular flexibility index (Phi) is 4.85. The lowest BCUT2D eigenvalue weighted by Gasteiger charge is -2.13. The maximum absolute atomic E-state index is 14.3. The topological polar surface area (TPSA) is 49.3 Å². The molecule has 0 saturated carbocycles. The highest BCUT2D eigenvalue weighted by atomic mass is 19.1. The second-order valence-corrected chi connectivity index (χ2v) is 5.85. The maximum atomic E-state index is 14.3. The van der Waals surface area contributed by atoms with E-state index >= 15 is 0 Å². The third kappa shape index (κ3) is 3.62. The van der Waals surface area contributed by atoms with E-state index in [1.165, 1.54) is 37.3 Å². The van der Waals surface area contributed by atoms with Crippen LogP contribution in [0, 0.1) is 30.2 Å². The van der Waals surface area contributed by atoms with Gasteiger partial charge in [-0.05, 0) is 60.0 Å². The van der Waals surface area contributed by atoms with Crippen molar-refractivity contribution in [1.82, 2.24) is 0 Å². The first-order valence-electron chi connectivity index (χ1n) is 7.82. The molecule has 0 radical (unpaired) electrons. The Morgan fingerprint density at radius 2 is 1.67 bits per heavy atom. The van der Waals surface area contributed by atoms with E-state index in [4.69, 9.17) is 0 Å². The monoisotopic (exact) mass is 375 g/mol. The van der Waals surface area contributed by atoms with Gasteiger partial charge in [0.15, 0.2) is 11.6 Å². The summed E-state index contributed by atoms with van der Waals surface area (Å²) in [7, 11) is 0. The van der Waals surface area contributed by atoms with Crippen molar-refractivity contribution in [2.45, 2.75) is 6.92 Å². The number of rotatable bonds is 3. The molecule has 1 amide bonds. The number of aromatic hydroxyl groups is 1. The summed E-state index contributed by atoms with van der Waals surface area (Å²) in [6.45, 7) is 1.33. The predicted octanol–water partition coefficient (Wildman–Crippen LogP) is 5.18. The van der Waals surface area contributed by atoms with Crippen LogP contribution in [0.2, 0.25) is 0 Å². The van der Waals surface area contributed by atoms with E-state index in [1.807, 2.05) is 5.32 Å². The van der Waals surface area contributed by atoms with Gasteiger partial charge in [0.25, 0.3) is 5.91 Å². The summed E-state index contributed by atoms with van der Waals surface area (Å²) in [5, 5.41) is 11.3. The molecule has 0 spiro atoms. The summed E-state index contributed by atoms with van der Waals surface area (Å²) >= 11 is 0. The number of hydrogen-bond acceptors (Lipinski definition) is 2. The van der Waals surface area contributed by atoms with Crippen LogP contribution >= 0.6 is 0 Å². The van der Waals surface area contributed by atoms with Crippen molar-refractivity contribution in [2.24, 2.45) is 0 Å². The van der Waals surface area contributed by atoms with Crippen LogP contribution in [-0.2, 0) is 0 Å². The number of phenols is 1. The fourth-order valence-corrected chi connectivity index (χ4v) is 2.59. The average Bonchev–Trinajstić information content (AvgIpc) is 2.64. The second kappa shape index (κ2) is 7.11. The zero-order chi connectivity index (χ0) is 19.7. The molecule has 0 aromatic heterocycles. The minimum absolute atomic E-state index is 0.0476. The number of halogens is 4. The number of carbonyl (C=O) groups is 1. The molecule has 0 atom stereocenters. The lowest BCUT2D eigenvalue weighted by molar-refractivity contribution is 0.102. The highest BCUT2D eigenvalue weighted by molar-refractivity contribution is 6.06. The van der Waals surface area contributed by atoms with Gasteiger partial charge in [0.1, 0.15) is 23.1 Å². The molecule has 0 aliphatic carbocycles. The van der Waals surface area contributed by atoms with Gasteiger partial charge >= 0.3 is 0 Å². The van der Waals surface area contributed by atoms with Gasteiger partial charge in [0.2, 0.25) is 0 Å². The number of benzene rings is 3. The maximum Gasteiger partial charge on any atom is 0.256 e. The van der Waals surface area contributed by atoms with Crippen molar-refractivity contribution in [1.29, 1.82) is 0 Å². The molecule has 0 saturated heterocycles. The minimum atomic E-state index is -1.34. The van der Waals surface area contributed by atoms with Gasteiger partial charge in [0, 0.05) is 5.56 Å². The van der Waals surface area contributed by atoms with E-state index < -0.39 is 40.6 Å². The first-order chi connectivity index (χ1) is 12.8. The molecular weight excluding hydrogens is 362 g/mol. The Morgan fingerprint density at radius 3 is 2.37 bits per heavy atom. The van der Waals surface area contributed by atoms with E-state index in [1.54, 1.807) is 0 Å². The van der Waals surface area contributed by atoms with Crippen molar-refractivity contribution in [3.05, 3.63) is 82.9 Å². The third-order valence-corrected chi connectivity index (χ3v) is 4.06. The minimum Gasteiger partial charge on any atom is -0.505 e. The molecule has 0 heterocycles. The normalized spacial score (nSPS) is 10.7. The summed E-state index contributed by atoms with van der Waals surface area (Å²) in [6, 6.07) is 9.36. The van der Waals surface area contributed by atoms with E-state index in [0.717, 1.165) is 18.2 Å². The molecule has 3 aromatic rings. The second-order valence-electron chi connectivity index (χ2n) is 5.85. The van der Waals surface area contributed by atoms with Crippen LogP contribution in [0.4, 0.5) is 23.2 Å². The largest absolute Gasteiger partial charge is 0.505 e. The van der Waals surface area contributed by atoms with E-state index in [9.17, 15) is 27.5 Å². The number of nitrogens with one attached hydrogen (secondary N) is 1. The summed E-state index contributed by atoms with van der Waals surface area (Å²) in [6.07, 6.45) is 0. The molecular formula is C20H13F4NO2. The van der Waals surface area contributed by atoms with Crippen molar-refractivity contribution in [2.75, 3.05) is 5.32 Å². The Hall–Kier alpha value is -3.35. The zero-order valence-electron chi connectivity index (χ0n) is 14.0. The van der Waals surface area contributed by atoms with Crippen molar-refractivity contribution in [3.63, 3.8) is 0 Å². The molecule has 3 aromatic carbocycles. The molecule has 138 valence electrons. The SMILES string of the molecule is Cc1c(F)cc(-c2cccc(F)c2)cc1C(=O)Nc1c(F)ccc(O)c1F. The van der Waals surface area contributed by atoms with Crippen LogP contribution in [0.3, 0.4) is 0 Å². The first-order valence-corrected chi connectivity index (χ1v) is 7.82. The van der Waals surface area contributed by atoms with Crippen LogP contribution in [-0.4, -0.2) is 11.0 Å². The van der Waals surface area contributed by atoms with Crippen molar-refractivity contribution in [3.8, 4) is 16.9 Å². The molecule has 0 bridgehead atoms. The first kappa shape index (κ1) is 18.4. The third-order valence-electron chi connectivity index (χ3n) is 4.06. The van der Waals surface area contributed by atoms with Gasteiger partial charge in [-0.3, -0.25) is 4.79 Å². The quantitative estimate of drug-likeness (QED) is 0.620. The van der Waals surface area contributed by atoms with Crippen molar-refractivity contribution < 1.29 is 27.5 Å². The van der Waals surface area contributed by atoms with Gasteiger partial charge in [-0.25, -0.2) is 17.6 Å². The molecule has 27 heavy (non-hydrogen) atoms. The lowest BCUT2D eigenvalue weighted by Crippen LogP contribution is -2.16. The average molecular weight is 375 g/mol. The number of amides is 1. The smallest absolute Gasteiger partial charge is 0.256 e. The van der Waals surface area contributed by atoms with E-state index in [2.05, 4.69) is 0 Å². The Balaban J connectivity index is 2.04. The molecule has 0 unspecified atom stereocenters. The highest BCUT2D eigenvalue weighted by Gasteiger charge is 2.20. The van der Waals surface area contributed by atoms with Crippen LogP contribution in [0.1, 0.15) is 15.9 Å². The molecule has 3 nitrogen and oxygen atoms in total. The number of hydrogen-bond donors (Lipinski definition) is 2. The fraction of sp³-hybridized carbons (Fsp3) is 0.0500. The molecule has 2 N–H and O–H groups in total. The summed E-state index contributed by atoms with van der Waals surface area (Å²) in [5.41, 5.74) is -0.529. The molecule has 7 heteroatoms. The van der Waals surface area contributed by atoms with E-state index in [0.29, 0.717) is 5.56 Å². The molecule has 0 aliphatic rings. The van der Waals surface area contributed by atoms with Gasteiger partial charge in [-0.2, -0.15) is 0 Å². The molecule has 0 fully saturated rings. The van der Waals surface area contributed by atoms with Crippen LogP contribution in [0.15, 0.2) is 48.5 Å². The van der Waals surface area contributed by atoms with Gasteiger partial charge in [-0.1, -0.05) is 12.1 Å². The van der Waals surface area contributed by atoms with Gasteiger partial charge in [-0.15, -0.1) is 0 Å². The molecule has 3 rings (SSSR count). The summed E-state index contributed by atoms with van der Waals surface area (Å²) in [5.74, 6) is -5.54. The Morgan fingerprint density at radius 1 is 0.926 bits per heavy atom. The Bertz CT molecular complexity index is 1050. The number of carbonyl (C=O) groups excluding carboxylic acids is 1. The fourth-order valence-electron chi connectivity index (χ4n) is 2.59. The van der Waals surface area contributed by atoms with Gasteiger partial charge in [0.05, 0.1) is 0 Å². The van der Waals surface area contributed by atoms with Crippen molar-refractivity contribution >= 4 is 11.6 Å². The Labute approximate surface area is 151 Å².